The summed E-state index contributed by atoms with van der Waals surface area (Å²) in [4.78, 5) is 16.0. The van der Waals surface area contributed by atoms with E-state index in [1.165, 1.54) is 0 Å². The Morgan fingerprint density at radius 1 is 1.50 bits per heavy atom. The second-order valence-electron chi connectivity index (χ2n) is 3.94. The Balaban J connectivity index is 2.28. The first-order valence-electron chi connectivity index (χ1n) is 6.16. The van der Waals surface area contributed by atoms with Gasteiger partial charge in [-0.3, -0.25) is 9.36 Å². The molecule has 0 aliphatic carbocycles. The van der Waals surface area contributed by atoms with Crippen molar-refractivity contribution < 1.29 is 4.74 Å². The molecule has 1 heterocycles. The molecule has 6 heteroatoms. The Kier molecular flexibility index (Phi) is 7.15. The van der Waals surface area contributed by atoms with Gasteiger partial charge in [-0.1, -0.05) is 0 Å². The Morgan fingerprint density at radius 3 is 3.00 bits per heavy atom. The summed E-state index contributed by atoms with van der Waals surface area (Å²) in [6.07, 6.45) is 2.57. The average Bonchev–Trinajstić information content (AvgIpc) is 2.37. The molecule has 0 fully saturated rings. The fourth-order valence-corrected chi connectivity index (χ4v) is 1.80. The Morgan fingerprint density at radius 2 is 2.28 bits per heavy atom. The third kappa shape index (κ3) is 4.88. The van der Waals surface area contributed by atoms with E-state index in [9.17, 15) is 4.79 Å². The summed E-state index contributed by atoms with van der Waals surface area (Å²) in [5, 5.41) is 3.27. The number of hydrogen-bond donors (Lipinski definition) is 1. The van der Waals surface area contributed by atoms with Crippen LogP contribution >= 0.6 is 15.9 Å². The molecule has 5 nitrogen and oxygen atoms in total. The van der Waals surface area contributed by atoms with Crippen molar-refractivity contribution >= 4 is 15.9 Å². The number of nitrogens with zero attached hydrogens (tertiary/aromatic N) is 2. The Hall–Kier alpha value is -0.720. The van der Waals surface area contributed by atoms with Crippen molar-refractivity contribution in [2.24, 2.45) is 0 Å². The minimum atomic E-state index is -0.0291. The van der Waals surface area contributed by atoms with Gasteiger partial charge in [0, 0.05) is 26.3 Å². The van der Waals surface area contributed by atoms with Crippen molar-refractivity contribution in [2.75, 3.05) is 26.3 Å². The van der Waals surface area contributed by atoms with Crippen molar-refractivity contribution in [1.82, 2.24) is 14.9 Å². The van der Waals surface area contributed by atoms with Gasteiger partial charge in [0.15, 0.2) is 0 Å². The second-order valence-corrected chi connectivity index (χ2v) is 4.74. The highest BCUT2D eigenvalue weighted by Crippen LogP contribution is 2.05. The molecule has 0 spiro atoms. The van der Waals surface area contributed by atoms with Gasteiger partial charge in [0.2, 0.25) is 0 Å². The van der Waals surface area contributed by atoms with Crippen molar-refractivity contribution in [3.8, 4) is 0 Å². The van der Waals surface area contributed by atoms with Gasteiger partial charge < -0.3 is 10.1 Å². The highest BCUT2D eigenvalue weighted by Gasteiger charge is 2.04. The predicted molar refractivity (Wildman–Crippen MR) is 74.9 cm³/mol. The normalized spacial score (nSPS) is 10.8. The van der Waals surface area contributed by atoms with Crippen LogP contribution in [0.1, 0.15) is 19.0 Å². The van der Waals surface area contributed by atoms with E-state index in [1.54, 1.807) is 10.9 Å². The summed E-state index contributed by atoms with van der Waals surface area (Å²) in [5.41, 5.74) is 0.694. The third-order valence-electron chi connectivity index (χ3n) is 2.53. The first-order valence-corrected chi connectivity index (χ1v) is 6.96. The molecule has 0 unspecified atom stereocenters. The van der Waals surface area contributed by atoms with E-state index in [1.807, 2.05) is 13.8 Å². The maximum Gasteiger partial charge on any atom is 0.267 e. The lowest BCUT2D eigenvalue weighted by Gasteiger charge is -2.08. The lowest BCUT2D eigenvalue weighted by Crippen LogP contribution is -2.28. The van der Waals surface area contributed by atoms with Crippen LogP contribution in [0.3, 0.4) is 0 Å². The summed E-state index contributed by atoms with van der Waals surface area (Å²) in [7, 11) is 0. The minimum Gasteiger partial charge on any atom is -0.382 e. The zero-order valence-corrected chi connectivity index (χ0v) is 12.5. The SMILES string of the molecule is CCOCCCNCCn1cnc(C)c(Br)c1=O. The van der Waals surface area contributed by atoms with Crippen molar-refractivity contribution in [3.05, 3.63) is 26.8 Å². The standard InChI is InChI=1S/C12H20BrN3O2/c1-3-18-8-4-5-14-6-7-16-9-15-10(2)11(13)12(16)17/h9,14H,3-8H2,1-2H3. The molecule has 0 radical (unpaired) electrons. The molecule has 1 rings (SSSR count). The fourth-order valence-electron chi connectivity index (χ4n) is 1.47. The van der Waals surface area contributed by atoms with Crippen LogP contribution in [0.25, 0.3) is 0 Å². The molecule has 1 N–H and O–H groups in total. The van der Waals surface area contributed by atoms with Crippen LogP contribution in [0, 0.1) is 6.92 Å². The number of ether oxygens (including phenoxy) is 1. The van der Waals surface area contributed by atoms with Gasteiger partial charge in [-0.15, -0.1) is 0 Å². The van der Waals surface area contributed by atoms with Crippen molar-refractivity contribution in [1.29, 1.82) is 0 Å². The van der Waals surface area contributed by atoms with E-state index in [2.05, 4.69) is 26.2 Å². The fraction of sp³-hybridized carbons (Fsp3) is 0.667. The van der Waals surface area contributed by atoms with Crippen LogP contribution in [0.5, 0.6) is 0 Å². The quantitative estimate of drug-likeness (QED) is 0.735. The smallest absolute Gasteiger partial charge is 0.267 e. The number of halogens is 1. The van der Waals surface area contributed by atoms with E-state index < -0.39 is 0 Å². The van der Waals surface area contributed by atoms with Crippen LogP contribution in [0.4, 0.5) is 0 Å². The van der Waals surface area contributed by atoms with E-state index in [0.29, 0.717) is 11.0 Å². The Labute approximate surface area is 116 Å². The minimum absolute atomic E-state index is 0.0291. The van der Waals surface area contributed by atoms with Gasteiger partial charge in [-0.25, -0.2) is 4.98 Å². The van der Waals surface area contributed by atoms with Crippen LogP contribution in [-0.4, -0.2) is 35.9 Å². The summed E-state index contributed by atoms with van der Waals surface area (Å²) in [5.74, 6) is 0. The van der Waals surface area contributed by atoms with Crippen LogP contribution < -0.4 is 10.9 Å². The zero-order valence-electron chi connectivity index (χ0n) is 10.9. The lowest BCUT2D eigenvalue weighted by molar-refractivity contribution is 0.145. The number of rotatable bonds is 8. The second kappa shape index (κ2) is 8.39. The maximum absolute atomic E-state index is 11.8. The molecular weight excluding hydrogens is 298 g/mol. The van der Waals surface area contributed by atoms with E-state index >= 15 is 0 Å². The van der Waals surface area contributed by atoms with Gasteiger partial charge in [0.05, 0.1) is 12.0 Å². The lowest BCUT2D eigenvalue weighted by atomic mass is 10.4. The molecule has 0 saturated carbocycles. The summed E-state index contributed by atoms with van der Waals surface area (Å²) >= 11 is 3.25. The highest BCUT2D eigenvalue weighted by molar-refractivity contribution is 9.10. The van der Waals surface area contributed by atoms with Crippen LogP contribution in [0.2, 0.25) is 0 Å². The first kappa shape index (κ1) is 15.3. The van der Waals surface area contributed by atoms with Gasteiger partial charge in [-0.05, 0) is 42.7 Å². The van der Waals surface area contributed by atoms with Crippen molar-refractivity contribution in [3.63, 3.8) is 0 Å². The molecule has 0 aliphatic rings. The Bertz CT molecular complexity index is 420. The summed E-state index contributed by atoms with van der Waals surface area (Å²) in [6.45, 7) is 7.61. The van der Waals surface area contributed by atoms with E-state index in [-0.39, 0.29) is 5.56 Å². The van der Waals surface area contributed by atoms with E-state index in [4.69, 9.17) is 4.74 Å². The summed E-state index contributed by atoms with van der Waals surface area (Å²) in [6, 6.07) is 0. The summed E-state index contributed by atoms with van der Waals surface area (Å²) < 4.78 is 7.38. The molecule has 102 valence electrons. The third-order valence-corrected chi connectivity index (χ3v) is 3.45. The number of nitrogens with one attached hydrogen (secondary N) is 1. The van der Waals surface area contributed by atoms with Gasteiger partial charge >= 0.3 is 0 Å². The number of aryl methyl sites for hydroxylation is 1. The zero-order chi connectivity index (χ0) is 13.4. The van der Waals surface area contributed by atoms with Crippen LogP contribution in [0.15, 0.2) is 15.6 Å². The molecule has 0 amide bonds. The highest BCUT2D eigenvalue weighted by atomic mass is 79.9. The number of hydrogen-bond acceptors (Lipinski definition) is 4. The molecule has 0 aliphatic heterocycles. The molecule has 1 aromatic rings. The van der Waals surface area contributed by atoms with Gasteiger partial charge in [-0.2, -0.15) is 0 Å². The predicted octanol–water partition coefficient (Wildman–Crippen LogP) is 1.33. The van der Waals surface area contributed by atoms with E-state index in [0.717, 1.165) is 38.4 Å². The molecule has 0 aromatic carbocycles. The molecular formula is C12H20BrN3O2. The molecule has 1 aromatic heterocycles. The molecule has 0 bridgehead atoms. The van der Waals surface area contributed by atoms with Crippen molar-refractivity contribution in [2.45, 2.75) is 26.8 Å². The van der Waals surface area contributed by atoms with Crippen LogP contribution in [-0.2, 0) is 11.3 Å². The van der Waals surface area contributed by atoms with Gasteiger partial charge in [0.1, 0.15) is 4.47 Å². The average molecular weight is 318 g/mol. The largest absolute Gasteiger partial charge is 0.382 e. The topological polar surface area (TPSA) is 56.1 Å². The molecule has 0 saturated heterocycles. The monoisotopic (exact) mass is 317 g/mol. The van der Waals surface area contributed by atoms with Gasteiger partial charge in [0.25, 0.3) is 5.56 Å². The molecule has 18 heavy (non-hydrogen) atoms. The first-order chi connectivity index (χ1) is 8.66. The molecule has 0 atom stereocenters. The number of aromatic nitrogens is 2. The maximum atomic E-state index is 11.8.